The number of aliphatic hydroxyl groups is 1. The van der Waals surface area contributed by atoms with E-state index < -0.39 is 80.3 Å². The van der Waals surface area contributed by atoms with E-state index in [1.165, 1.54) is 21.0 Å². The highest BCUT2D eigenvalue weighted by Crippen LogP contribution is 2.78. The van der Waals surface area contributed by atoms with Gasteiger partial charge in [0.05, 0.1) is 17.9 Å². The van der Waals surface area contributed by atoms with E-state index in [0.29, 0.717) is 18.4 Å². The molecule has 0 aromatic carbocycles. The summed E-state index contributed by atoms with van der Waals surface area (Å²) in [5, 5.41) is 11.2. The van der Waals surface area contributed by atoms with Crippen LogP contribution >= 0.6 is 0 Å². The Balaban J connectivity index is 1.81. The summed E-state index contributed by atoms with van der Waals surface area (Å²) in [6, 6.07) is 0. The van der Waals surface area contributed by atoms with Crippen LogP contribution in [-0.2, 0) is 38.2 Å². The van der Waals surface area contributed by atoms with Crippen molar-refractivity contribution in [3.8, 4) is 0 Å². The van der Waals surface area contributed by atoms with Gasteiger partial charge in [-0.1, -0.05) is 32.4 Å². The fourth-order valence-corrected chi connectivity index (χ4v) is 9.75. The van der Waals surface area contributed by atoms with Crippen LogP contribution in [0.1, 0.15) is 67.7 Å². The van der Waals surface area contributed by atoms with E-state index >= 15 is 0 Å². The lowest BCUT2D eigenvalue weighted by atomic mass is 9.33. The summed E-state index contributed by atoms with van der Waals surface area (Å²) in [6.07, 6.45) is 1.57. The Kier molecular flexibility index (Phi) is 5.00. The summed E-state index contributed by atoms with van der Waals surface area (Å²) in [6.45, 7) is 11.4. The average molecular weight is 517 g/mol. The molecule has 1 saturated heterocycles. The van der Waals surface area contributed by atoms with Crippen molar-refractivity contribution in [2.45, 2.75) is 85.5 Å². The quantitative estimate of drug-likeness (QED) is 0.254. The van der Waals surface area contributed by atoms with Crippen molar-refractivity contribution in [3.63, 3.8) is 0 Å². The number of rotatable bonds is 2. The molecule has 37 heavy (non-hydrogen) atoms. The van der Waals surface area contributed by atoms with Gasteiger partial charge in [-0.3, -0.25) is 24.0 Å². The molecule has 5 aliphatic rings. The lowest BCUT2D eigenvalue weighted by Crippen LogP contribution is -2.71. The first-order chi connectivity index (χ1) is 16.9. The Morgan fingerprint density at radius 2 is 1.70 bits per heavy atom. The number of esters is 3. The smallest absolute Gasteiger partial charge is 0.321 e. The molecule has 3 saturated carbocycles. The zero-order valence-electron chi connectivity index (χ0n) is 22.7. The molecule has 4 aliphatic carbocycles. The zero-order chi connectivity index (χ0) is 27.7. The molecule has 0 spiro atoms. The van der Waals surface area contributed by atoms with Gasteiger partial charge in [0.15, 0.2) is 22.6 Å². The second kappa shape index (κ2) is 7.10. The topological polar surface area (TPSA) is 133 Å². The number of hydrogen-bond donors (Lipinski definition) is 1. The van der Waals surface area contributed by atoms with Crippen molar-refractivity contribution in [2.75, 3.05) is 7.11 Å². The molecule has 1 aliphatic heterocycles. The van der Waals surface area contributed by atoms with Gasteiger partial charge in [-0.25, -0.2) is 0 Å². The van der Waals surface area contributed by atoms with Crippen LogP contribution in [0.15, 0.2) is 11.6 Å². The molecule has 4 fully saturated rings. The molecule has 5 rings (SSSR count). The van der Waals surface area contributed by atoms with Crippen molar-refractivity contribution in [3.05, 3.63) is 11.6 Å². The molecule has 202 valence electrons. The van der Waals surface area contributed by atoms with E-state index in [0.717, 1.165) is 6.92 Å². The molecule has 0 aromatic heterocycles. The monoisotopic (exact) mass is 516 g/mol. The Morgan fingerprint density at radius 1 is 1.08 bits per heavy atom. The molecule has 9 atom stereocenters. The maximum absolute atomic E-state index is 14.2. The van der Waals surface area contributed by atoms with Gasteiger partial charge in [-0.05, 0) is 40.0 Å². The van der Waals surface area contributed by atoms with Gasteiger partial charge in [0.25, 0.3) is 0 Å². The number of methoxy groups -OCH3 is 1. The van der Waals surface area contributed by atoms with Gasteiger partial charge >= 0.3 is 17.9 Å². The Labute approximate surface area is 216 Å². The first kappa shape index (κ1) is 26.1. The van der Waals surface area contributed by atoms with Gasteiger partial charge in [0, 0.05) is 29.6 Å². The van der Waals surface area contributed by atoms with E-state index in [-0.39, 0.29) is 12.3 Å². The van der Waals surface area contributed by atoms with Crippen LogP contribution in [0.3, 0.4) is 0 Å². The van der Waals surface area contributed by atoms with E-state index in [1.807, 2.05) is 19.9 Å². The molecule has 0 radical (unpaired) electrons. The lowest BCUT2D eigenvalue weighted by molar-refractivity contribution is -0.216. The van der Waals surface area contributed by atoms with Crippen LogP contribution in [0, 0.1) is 38.9 Å². The van der Waals surface area contributed by atoms with Crippen LogP contribution in [0.25, 0.3) is 0 Å². The van der Waals surface area contributed by atoms with E-state index in [2.05, 4.69) is 0 Å². The van der Waals surface area contributed by atoms with Crippen LogP contribution < -0.4 is 0 Å². The number of carbonyl (C=O) groups is 5. The molecule has 0 aromatic rings. The zero-order valence-corrected chi connectivity index (χ0v) is 22.7. The number of hydrogen-bond acceptors (Lipinski definition) is 9. The summed E-state index contributed by atoms with van der Waals surface area (Å²) in [7, 11) is 1.17. The summed E-state index contributed by atoms with van der Waals surface area (Å²) in [5.74, 6) is -4.36. The van der Waals surface area contributed by atoms with Crippen molar-refractivity contribution in [1.29, 1.82) is 0 Å². The van der Waals surface area contributed by atoms with Crippen molar-refractivity contribution in [1.82, 2.24) is 0 Å². The summed E-state index contributed by atoms with van der Waals surface area (Å²) in [5.41, 5.74) is -8.71. The predicted octanol–water partition coefficient (Wildman–Crippen LogP) is 2.32. The van der Waals surface area contributed by atoms with Gasteiger partial charge in [0.2, 0.25) is 0 Å². The fourth-order valence-electron chi connectivity index (χ4n) is 9.75. The number of carbonyl (C=O) groups excluding carboxylic acids is 5. The molecule has 2 bridgehead atoms. The maximum Gasteiger partial charge on any atom is 0.321 e. The van der Waals surface area contributed by atoms with Crippen LogP contribution in [0.2, 0.25) is 0 Å². The molecule has 9 heteroatoms. The number of Topliss-reactive ketones (excluding diaryl/α,β-unsaturated/α-hetero) is 2. The minimum Gasteiger partial charge on any atom is -0.468 e. The van der Waals surface area contributed by atoms with Gasteiger partial charge < -0.3 is 19.3 Å². The molecular weight excluding hydrogens is 480 g/mol. The average Bonchev–Trinajstić information content (AvgIpc) is 3.11. The Bertz CT molecular complexity index is 1200. The largest absolute Gasteiger partial charge is 0.468 e. The molecule has 1 heterocycles. The Hall–Kier alpha value is -2.55. The number of fused-ring (bicyclic) bond motifs is 3. The summed E-state index contributed by atoms with van der Waals surface area (Å²) >= 11 is 0. The highest BCUT2D eigenvalue weighted by atomic mass is 16.6. The molecule has 0 amide bonds. The highest BCUT2D eigenvalue weighted by Gasteiger charge is 2.88. The lowest BCUT2D eigenvalue weighted by Gasteiger charge is -2.66. The first-order valence-electron chi connectivity index (χ1n) is 12.9. The molecule has 9 nitrogen and oxygen atoms in total. The van der Waals surface area contributed by atoms with Gasteiger partial charge in [0.1, 0.15) is 12.2 Å². The van der Waals surface area contributed by atoms with Crippen LogP contribution in [-0.4, -0.2) is 59.5 Å². The predicted molar refractivity (Wildman–Crippen MR) is 128 cm³/mol. The first-order valence-corrected chi connectivity index (χ1v) is 12.9. The van der Waals surface area contributed by atoms with Gasteiger partial charge in [-0.2, -0.15) is 0 Å². The maximum atomic E-state index is 14.2. The molecule has 1 N–H and O–H groups in total. The molecule has 1 unspecified atom stereocenters. The third-order valence-electron chi connectivity index (χ3n) is 11.2. The normalized spacial score (nSPS) is 49.3. The van der Waals surface area contributed by atoms with Gasteiger partial charge in [-0.15, -0.1) is 0 Å². The minimum absolute atomic E-state index is 0.107. The molecular formula is C28H36O9. The SMILES string of the molecule is COC(=O)[C@]12C(=O)[C@](C)(O)C(=O)[C@@]1(C)C(C)=C[C@@H]1[C@@]34CC[C@@H](OC(C)=O)C(C)(C)[C@@H]3C(C[C@]12C)OC4=O. The fraction of sp³-hybridized carbons (Fsp3) is 0.750. The Morgan fingerprint density at radius 3 is 2.27 bits per heavy atom. The third-order valence-corrected chi connectivity index (χ3v) is 11.2. The van der Waals surface area contributed by atoms with Crippen LogP contribution in [0.4, 0.5) is 0 Å². The van der Waals surface area contributed by atoms with Crippen LogP contribution in [0.5, 0.6) is 0 Å². The number of ketones is 2. The van der Waals surface area contributed by atoms with E-state index in [4.69, 9.17) is 14.2 Å². The standard InChI is InChI=1S/C28H36O9/c1-13-11-16-24(5,28(22(33)35-8)20(31)26(7,34)19(30)25(13,28)6)12-15-18-23(3,4)17(36-14(2)29)9-10-27(16,18)21(32)37-15/h11,15-18,34H,9-10,12H2,1-8H3/t15?,16-,17+,18-,24+,25+,26+,27-,28-/m0/s1. The third kappa shape index (κ3) is 2.44. The summed E-state index contributed by atoms with van der Waals surface area (Å²) < 4.78 is 17.0. The van der Waals surface area contributed by atoms with Crippen molar-refractivity contribution < 1.29 is 43.3 Å². The number of ether oxygens (including phenoxy) is 3. The van der Waals surface area contributed by atoms with E-state index in [9.17, 15) is 29.1 Å². The second-order valence-corrected chi connectivity index (χ2v) is 13.0. The van der Waals surface area contributed by atoms with Crippen molar-refractivity contribution >= 4 is 29.5 Å². The highest BCUT2D eigenvalue weighted by molar-refractivity contribution is 6.30. The number of allylic oxidation sites excluding steroid dienone is 2. The van der Waals surface area contributed by atoms with Crippen molar-refractivity contribution in [2.24, 2.45) is 38.9 Å². The minimum atomic E-state index is -2.40. The summed E-state index contributed by atoms with van der Waals surface area (Å²) in [4.78, 5) is 67.6. The second-order valence-electron chi connectivity index (χ2n) is 13.0. The van der Waals surface area contributed by atoms with E-state index in [1.54, 1.807) is 13.8 Å².